The average Bonchev–Trinajstić information content (AvgIpc) is 3.10. The summed E-state index contributed by atoms with van der Waals surface area (Å²) in [5.74, 6) is -1.62. The predicted octanol–water partition coefficient (Wildman–Crippen LogP) is 4.96. The highest BCUT2D eigenvalue weighted by molar-refractivity contribution is 6.32. The number of fused-ring (bicyclic) bond motifs is 1. The Balaban J connectivity index is 1.67. The number of hydrogen-bond acceptors (Lipinski definition) is 3. The highest BCUT2D eigenvalue weighted by atomic mass is 35.5. The molecule has 0 amide bonds. The van der Waals surface area contributed by atoms with Crippen LogP contribution in [0.15, 0.2) is 48.7 Å². The van der Waals surface area contributed by atoms with Crippen molar-refractivity contribution in [2.24, 2.45) is 0 Å². The minimum Gasteiger partial charge on any atom is -0.454 e. The maximum Gasteiger partial charge on any atom is 0.331 e. The van der Waals surface area contributed by atoms with Crippen molar-refractivity contribution in [3.8, 4) is 0 Å². The van der Waals surface area contributed by atoms with Crippen LogP contribution in [0.3, 0.4) is 0 Å². The molecule has 0 bridgehead atoms. The van der Waals surface area contributed by atoms with Gasteiger partial charge in [0.2, 0.25) is 5.78 Å². The van der Waals surface area contributed by atoms with Gasteiger partial charge < -0.3 is 9.72 Å². The average molecular weight is 386 g/mol. The van der Waals surface area contributed by atoms with Crippen LogP contribution < -0.4 is 0 Å². The number of carbonyl (C=O) groups excluding carboxylic acids is 2. The Bertz CT molecular complexity index is 1020. The van der Waals surface area contributed by atoms with Gasteiger partial charge in [0.05, 0.1) is 5.02 Å². The van der Waals surface area contributed by atoms with Crippen LogP contribution in [0.25, 0.3) is 17.0 Å². The second kappa shape index (κ2) is 8.18. The van der Waals surface area contributed by atoms with Crippen molar-refractivity contribution in [2.45, 2.75) is 13.3 Å². The number of hydrogen-bond donors (Lipinski definition) is 1. The molecular weight excluding hydrogens is 369 g/mol. The van der Waals surface area contributed by atoms with E-state index in [0.29, 0.717) is 5.56 Å². The number of rotatable bonds is 6. The third-order valence-electron chi connectivity index (χ3n) is 4.21. The summed E-state index contributed by atoms with van der Waals surface area (Å²) in [6, 6.07) is 9.95. The molecule has 0 aliphatic carbocycles. The van der Waals surface area contributed by atoms with Crippen molar-refractivity contribution >= 4 is 40.3 Å². The topological polar surface area (TPSA) is 59.2 Å². The summed E-state index contributed by atoms with van der Waals surface area (Å²) in [5, 5.41) is 0.977. The maximum absolute atomic E-state index is 13.7. The number of Topliss-reactive ketones (excluding diaryl/α,β-unsaturated/α-hetero) is 1. The zero-order chi connectivity index (χ0) is 19.4. The molecule has 0 saturated heterocycles. The lowest BCUT2D eigenvalue weighted by molar-refractivity contribution is -0.136. The molecule has 3 aromatic rings. The fourth-order valence-corrected chi connectivity index (χ4v) is 3.05. The molecule has 138 valence electrons. The first kappa shape index (κ1) is 18.9. The Hall–Kier alpha value is -2.92. The molecule has 0 aliphatic heterocycles. The van der Waals surface area contributed by atoms with Gasteiger partial charge in [-0.25, -0.2) is 9.18 Å². The molecule has 6 heteroatoms. The van der Waals surface area contributed by atoms with Crippen molar-refractivity contribution in [1.29, 1.82) is 0 Å². The van der Waals surface area contributed by atoms with Gasteiger partial charge in [-0.05, 0) is 30.2 Å². The lowest BCUT2D eigenvalue weighted by Crippen LogP contribution is -2.12. The first-order valence-electron chi connectivity index (χ1n) is 8.42. The number of esters is 1. The van der Waals surface area contributed by atoms with Gasteiger partial charge in [-0.3, -0.25) is 4.79 Å². The molecular formula is C21H17ClFNO3. The SMILES string of the molecule is CCc1cccc2c(C(=O)COC(=O)/C=C/c3c(F)cccc3Cl)c[nH]c12. The van der Waals surface area contributed by atoms with E-state index in [-0.39, 0.29) is 16.4 Å². The third kappa shape index (κ3) is 4.09. The Labute approximate surface area is 160 Å². The van der Waals surface area contributed by atoms with Crippen molar-refractivity contribution in [3.05, 3.63) is 76.2 Å². The van der Waals surface area contributed by atoms with Crippen LogP contribution in [0, 0.1) is 5.82 Å². The molecule has 0 atom stereocenters. The quantitative estimate of drug-likeness (QED) is 0.370. The Kier molecular flexibility index (Phi) is 5.72. The summed E-state index contributed by atoms with van der Waals surface area (Å²) in [6.45, 7) is 1.63. The fraction of sp³-hybridized carbons (Fsp3) is 0.143. The molecule has 3 rings (SSSR count). The fourth-order valence-electron chi connectivity index (χ4n) is 2.83. The van der Waals surface area contributed by atoms with Gasteiger partial charge in [-0.2, -0.15) is 0 Å². The van der Waals surface area contributed by atoms with Crippen LogP contribution in [0.2, 0.25) is 5.02 Å². The van der Waals surface area contributed by atoms with E-state index >= 15 is 0 Å². The molecule has 0 aliphatic rings. The molecule has 0 saturated carbocycles. The monoisotopic (exact) mass is 385 g/mol. The summed E-state index contributed by atoms with van der Waals surface area (Å²) in [7, 11) is 0. The summed E-state index contributed by atoms with van der Waals surface area (Å²) in [4.78, 5) is 27.4. The van der Waals surface area contributed by atoms with E-state index in [4.69, 9.17) is 16.3 Å². The molecule has 1 aromatic heterocycles. The van der Waals surface area contributed by atoms with Gasteiger partial charge in [0.15, 0.2) is 6.61 Å². The summed E-state index contributed by atoms with van der Waals surface area (Å²) in [6.07, 6.45) is 4.73. The van der Waals surface area contributed by atoms with E-state index < -0.39 is 18.4 Å². The van der Waals surface area contributed by atoms with Crippen LogP contribution in [-0.4, -0.2) is 23.3 Å². The Morgan fingerprint density at radius 3 is 2.74 bits per heavy atom. The van der Waals surface area contributed by atoms with Gasteiger partial charge >= 0.3 is 5.97 Å². The van der Waals surface area contributed by atoms with Gasteiger partial charge in [-0.1, -0.05) is 42.8 Å². The number of nitrogens with one attached hydrogen (secondary N) is 1. The number of aromatic nitrogens is 1. The minimum atomic E-state index is -0.753. The number of ketones is 1. The summed E-state index contributed by atoms with van der Waals surface area (Å²) < 4.78 is 18.6. The predicted molar refractivity (Wildman–Crippen MR) is 103 cm³/mol. The normalized spacial score (nSPS) is 11.2. The Morgan fingerprint density at radius 2 is 2.00 bits per heavy atom. The van der Waals surface area contributed by atoms with Crippen LogP contribution in [-0.2, 0) is 16.0 Å². The maximum atomic E-state index is 13.7. The number of benzene rings is 2. The van der Waals surface area contributed by atoms with E-state index in [9.17, 15) is 14.0 Å². The molecule has 0 spiro atoms. The largest absolute Gasteiger partial charge is 0.454 e. The first-order chi connectivity index (χ1) is 13.0. The van der Waals surface area contributed by atoms with Crippen LogP contribution in [0.4, 0.5) is 4.39 Å². The second-order valence-corrected chi connectivity index (χ2v) is 6.30. The van der Waals surface area contributed by atoms with Crippen LogP contribution >= 0.6 is 11.6 Å². The van der Waals surface area contributed by atoms with E-state index in [1.165, 1.54) is 24.3 Å². The van der Waals surface area contributed by atoms with Gasteiger partial charge in [0.1, 0.15) is 5.82 Å². The number of aromatic amines is 1. The van der Waals surface area contributed by atoms with Crippen molar-refractivity contribution in [2.75, 3.05) is 6.61 Å². The first-order valence-corrected chi connectivity index (χ1v) is 8.80. The van der Waals surface area contributed by atoms with Crippen molar-refractivity contribution in [3.63, 3.8) is 0 Å². The van der Waals surface area contributed by atoms with Crippen LogP contribution in [0.1, 0.15) is 28.4 Å². The number of halogens is 2. The van der Waals surface area contributed by atoms with Gasteiger partial charge in [0.25, 0.3) is 0 Å². The van der Waals surface area contributed by atoms with E-state index in [0.717, 1.165) is 29.0 Å². The zero-order valence-corrected chi connectivity index (χ0v) is 15.3. The molecule has 0 unspecified atom stereocenters. The lowest BCUT2D eigenvalue weighted by atomic mass is 10.1. The molecule has 0 radical (unpaired) electrons. The standard InChI is InChI=1S/C21H17ClFNO3/c1-2-13-5-3-6-14-16(11-24-21(13)14)19(25)12-27-20(26)10-9-15-17(22)7-4-8-18(15)23/h3-11,24H,2,12H2,1H3/b10-9+. The highest BCUT2D eigenvalue weighted by Crippen LogP contribution is 2.23. The number of ether oxygens (including phenoxy) is 1. The molecule has 1 N–H and O–H groups in total. The van der Waals surface area contributed by atoms with Crippen molar-refractivity contribution < 1.29 is 18.7 Å². The number of carbonyl (C=O) groups is 2. The molecule has 27 heavy (non-hydrogen) atoms. The molecule has 0 fully saturated rings. The van der Waals surface area contributed by atoms with Crippen LogP contribution in [0.5, 0.6) is 0 Å². The van der Waals surface area contributed by atoms with E-state index in [1.807, 2.05) is 25.1 Å². The molecule has 1 heterocycles. The number of para-hydroxylation sites is 1. The Morgan fingerprint density at radius 1 is 1.22 bits per heavy atom. The lowest BCUT2D eigenvalue weighted by Gasteiger charge is -2.03. The zero-order valence-electron chi connectivity index (χ0n) is 14.6. The number of aryl methyl sites for hydroxylation is 1. The van der Waals surface area contributed by atoms with E-state index in [2.05, 4.69) is 4.98 Å². The molecule has 2 aromatic carbocycles. The number of H-pyrrole nitrogens is 1. The summed E-state index contributed by atoms with van der Waals surface area (Å²) in [5.41, 5.74) is 2.57. The van der Waals surface area contributed by atoms with E-state index in [1.54, 1.807) is 6.20 Å². The summed E-state index contributed by atoms with van der Waals surface area (Å²) >= 11 is 5.89. The highest BCUT2D eigenvalue weighted by Gasteiger charge is 2.15. The third-order valence-corrected chi connectivity index (χ3v) is 4.54. The smallest absolute Gasteiger partial charge is 0.331 e. The molecule has 4 nitrogen and oxygen atoms in total. The van der Waals surface area contributed by atoms with Gasteiger partial charge in [-0.15, -0.1) is 0 Å². The van der Waals surface area contributed by atoms with Crippen molar-refractivity contribution in [1.82, 2.24) is 4.98 Å². The van der Waals surface area contributed by atoms with Gasteiger partial charge in [0, 0.05) is 34.3 Å². The minimum absolute atomic E-state index is 0.0890. The second-order valence-electron chi connectivity index (χ2n) is 5.90.